The molecule has 2 atom stereocenters. The first kappa shape index (κ1) is 13.4. The molecule has 1 heterocycles. The average molecular weight is 260 g/mol. The Labute approximate surface area is 103 Å². The number of benzene rings is 1. The van der Waals surface area contributed by atoms with E-state index in [0.29, 0.717) is 25.0 Å². The smallest absolute Gasteiger partial charge is 0.385 e. The van der Waals surface area contributed by atoms with Crippen LogP contribution in [0.2, 0.25) is 0 Å². The lowest BCUT2D eigenvalue weighted by molar-refractivity contribution is -0.137. The molecule has 5 heteroatoms. The third kappa shape index (κ3) is 2.67. The van der Waals surface area contributed by atoms with Crippen LogP contribution in [0.1, 0.15) is 30.9 Å². The van der Waals surface area contributed by atoms with Crippen LogP contribution in [-0.2, 0) is 16.5 Å². The number of aliphatic hydroxyl groups is 1. The van der Waals surface area contributed by atoms with Crippen molar-refractivity contribution >= 4 is 0 Å². The van der Waals surface area contributed by atoms with Crippen molar-refractivity contribution in [3.63, 3.8) is 0 Å². The van der Waals surface area contributed by atoms with E-state index in [9.17, 15) is 18.3 Å². The van der Waals surface area contributed by atoms with Gasteiger partial charge in [0.2, 0.25) is 0 Å². The Bertz CT molecular complexity index is 413. The normalized spacial score (nSPS) is 29.3. The monoisotopic (exact) mass is 260 g/mol. The van der Waals surface area contributed by atoms with Gasteiger partial charge >= 0.3 is 6.18 Å². The topological polar surface area (TPSA) is 29.5 Å². The second-order valence-electron chi connectivity index (χ2n) is 4.74. The minimum Gasteiger partial charge on any atom is -0.385 e. The molecule has 0 spiro atoms. The molecule has 1 fully saturated rings. The lowest BCUT2D eigenvalue weighted by Crippen LogP contribution is -2.37. The van der Waals surface area contributed by atoms with Gasteiger partial charge in [-0.2, -0.15) is 13.2 Å². The van der Waals surface area contributed by atoms with E-state index in [2.05, 4.69) is 0 Å². The standard InChI is InChI=1S/C13H15F3O2/c1-9-8-12(17,6-7-18-9)10-2-4-11(5-3-10)13(14,15)16/h2-5,9,17H,6-8H2,1H3. The first-order valence-electron chi connectivity index (χ1n) is 5.83. The van der Waals surface area contributed by atoms with Crippen molar-refractivity contribution in [1.29, 1.82) is 0 Å². The second kappa shape index (κ2) is 4.55. The molecule has 0 saturated carbocycles. The minimum atomic E-state index is -4.34. The lowest BCUT2D eigenvalue weighted by Gasteiger charge is -2.36. The Morgan fingerprint density at radius 2 is 1.89 bits per heavy atom. The number of hydrogen-bond acceptors (Lipinski definition) is 2. The minimum absolute atomic E-state index is 0.0916. The summed E-state index contributed by atoms with van der Waals surface area (Å²) in [5.41, 5.74) is -1.26. The van der Waals surface area contributed by atoms with Crippen molar-refractivity contribution < 1.29 is 23.0 Å². The molecular weight excluding hydrogens is 245 g/mol. The summed E-state index contributed by atoms with van der Waals surface area (Å²) in [4.78, 5) is 0. The first-order valence-corrected chi connectivity index (χ1v) is 5.83. The molecule has 1 aromatic carbocycles. The maximum absolute atomic E-state index is 12.4. The van der Waals surface area contributed by atoms with Crippen LogP contribution in [-0.4, -0.2) is 17.8 Å². The Kier molecular flexibility index (Phi) is 3.38. The maximum Gasteiger partial charge on any atom is 0.416 e. The summed E-state index contributed by atoms with van der Waals surface area (Å²) < 4.78 is 42.6. The summed E-state index contributed by atoms with van der Waals surface area (Å²) in [6.45, 7) is 2.26. The predicted octanol–water partition coefficient (Wildman–Crippen LogP) is 3.09. The highest BCUT2D eigenvalue weighted by Crippen LogP contribution is 2.36. The van der Waals surface area contributed by atoms with Gasteiger partial charge in [-0.15, -0.1) is 0 Å². The molecule has 2 nitrogen and oxygen atoms in total. The van der Waals surface area contributed by atoms with Crippen LogP contribution in [0.5, 0.6) is 0 Å². The summed E-state index contributed by atoms with van der Waals surface area (Å²) in [5.74, 6) is 0. The van der Waals surface area contributed by atoms with Gasteiger partial charge < -0.3 is 9.84 Å². The highest BCUT2D eigenvalue weighted by molar-refractivity contribution is 5.29. The van der Waals surface area contributed by atoms with Crippen LogP contribution in [0.3, 0.4) is 0 Å². The molecule has 0 aromatic heterocycles. The summed E-state index contributed by atoms with van der Waals surface area (Å²) in [6, 6.07) is 4.71. The fourth-order valence-corrected chi connectivity index (χ4v) is 2.30. The fraction of sp³-hybridized carbons (Fsp3) is 0.538. The van der Waals surface area contributed by atoms with Gasteiger partial charge in [-0.1, -0.05) is 12.1 Å². The molecule has 2 rings (SSSR count). The quantitative estimate of drug-likeness (QED) is 0.840. The summed E-state index contributed by atoms with van der Waals surface area (Å²) in [7, 11) is 0. The summed E-state index contributed by atoms with van der Waals surface area (Å²) in [6.07, 6.45) is -3.63. The van der Waals surface area contributed by atoms with Crippen molar-refractivity contribution in [3.8, 4) is 0 Å². The van der Waals surface area contributed by atoms with E-state index in [0.717, 1.165) is 12.1 Å². The number of halogens is 3. The highest BCUT2D eigenvalue weighted by atomic mass is 19.4. The van der Waals surface area contributed by atoms with E-state index in [1.54, 1.807) is 0 Å². The van der Waals surface area contributed by atoms with E-state index >= 15 is 0 Å². The maximum atomic E-state index is 12.4. The zero-order chi connectivity index (χ0) is 13.4. The van der Waals surface area contributed by atoms with Crippen molar-refractivity contribution in [2.45, 2.75) is 37.6 Å². The summed E-state index contributed by atoms with van der Waals surface area (Å²) in [5, 5.41) is 10.4. The summed E-state index contributed by atoms with van der Waals surface area (Å²) >= 11 is 0. The number of ether oxygens (including phenoxy) is 1. The van der Waals surface area contributed by atoms with E-state index in [1.807, 2.05) is 6.92 Å². The Morgan fingerprint density at radius 1 is 1.28 bits per heavy atom. The number of hydrogen-bond donors (Lipinski definition) is 1. The average Bonchev–Trinajstić information content (AvgIpc) is 2.28. The van der Waals surface area contributed by atoms with E-state index in [4.69, 9.17) is 4.74 Å². The van der Waals surface area contributed by atoms with Gasteiger partial charge in [0.1, 0.15) is 0 Å². The second-order valence-corrected chi connectivity index (χ2v) is 4.74. The molecule has 1 N–H and O–H groups in total. The van der Waals surface area contributed by atoms with E-state index < -0.39 is 17.3 Å². The molecule has 1 aliphatic heterocycles. The highest BCUT2D eigenvalue weighted by Gasteiger charge is 2.36. The van der Waals surface area contributed by atoms with Crippen LogP contribution in [0, 0.1) is 0 Å². The molecule has 0 radical (unpaired) electrons. The Balaban J connectivity index is 2.23. The molecular formula is C13H15F3O2. The van der Waals surface area contributed by atoms with E-state index in [1.165, 1.54) is 12.1 Å². The van der Waals surface area contributed by atoms with Crippen molar-refractivity contribution in [3.05, 3.63) is 35.4 Å². The molecule has 1 saturated heterocycles. The van der Waals surface area contributed by atoms with Gasteiger partial charge in [0.05, 0.1) is 23.9 Å². The van der Waals surface area contributed by atoms with Crippen LogP contribution >= 0.6 is 0 Å². The van der Waals surface area contributed by atoms with Gasteiger partial charge in [0.25, 0.3) is 0 Å². The van der Waals surface area contributed by atoms with Crippen LogP contribution in [0.25, 0.3) is 0 Å². The molecule has 1 aliphatic rings. The molecule has 18 heavy (non-hydrogen) atoms. The third-order valence-electron chi connectivity index (χ3n) is 3.29. The third-order valence-corrected chi connectivity index (χ3v) is 3.29. The van der Waals surface area contributed by atoms with E-state index in [-0.39, 0.29) is 6.10 Å². The molecule has 2 unspecified atom stereocenters. The Hall–Kier alpha value is -1.07. The zero-order valence-electron chi connectivity index (χ0n) is 10.00. The fourth-order valence-electron chi connectivity index (χ4n) is 2.30. The van der Waals surface area contributed by atoms with Crippen LogP contribution in [0.15, 0.2) is 24.3 Å². The van der Waals surface area contributed by atoms with Crippen molar-refractivity contribution in [1.82, 2.24) is 0 Å². The van der Waals surface area contributed by atoms with Gasteiger partial charge in [0.15, 0.2) is 0 Å². The molecule has 1 aromatic rings. The molecule has 0 amide bonds. The molecule has 0 bridgehead atoms. The van der Waals surface area contributed by atoms with Crippen LogP contribution in [0.4, 0.5) is 13.2 Å². The van der Waals surface area contributed by atoms with Gasteiger partial charge in [-0.3, -0.25) is 0 Å². The number of alkyl halides is 3. The van der Waals surface area contributed by atoms with Gasteiger partial charge in [0, 0.05) is 12.8 Å². The number of rotatable bonds is 1. The zero-order valence-corrected chi connectivity index (χ0v) is 10.00. The molecule has 100 valence electrons. The first-order chi connectivity index (χ1) is 8.31. The molecule has 0 aliphatic carbocycles. The van der Waals surface area contributed by atoms with Crippen LogP contribution < -0.4 is 0 Å². The SMILES string of the molecule is CC1CC(O)(c2ccc(C(F)(F)F)cc2)CCO1. The Morgan fingerprint density at radius 3 is 2.39 bits per heavy atom. The van der Waals surface area contributed by atoms with Gasteiger partial charge in [-0.05, 0) is 24.6 Å². The largest absolute Gasteiger partial charge is 0.416 e. The lowest BCUT2D eigenvalue weighted by atomic mass is 9.84. The van der Waals surface area contributed by atoms with Crippen molar-refractivity contribution in [2.75, 3.05) is 6.61 Å². The van der Waals surface area contributed by atoms with Gasteiger partial charge in [-0.25, -0.2) is 0 Å². The predicted molar refractivity (Wildman–Crippen MR) is 60.0 cm³/mol. The van der Waals surface area contributed by atoms with Crippen molar-refractivity contribution in [2.24, 2.45) is 0 Å².